The summed E-state index contributed by atoms with van der Waals surface area (Å²) in [4.78, 5) is 21.6. The molecule has 8 heteroatoms. The first kappa shape index (κ1) is 21.0. The maximum absolute atomic E-state index is 12.7. The van der Waals surface area contributed by atoms with Gasteiger partial charge in [-0.2, -0.15) is 17.0 Å². The molecule has 3 rings (SSSR count). The molecule has 0 aliphatic carbocycles. The monoisotopic (exact) mass is 424 g/mol. The molecule has 0 atom stereocenters. The maximum atomic E-state index is 12.7. The number of carbonyl (C=O) groups excluding carboxylic acids is 1. The highest BCUT2D eigenvalue weighted by molar-refractivity contribution is 7.98. The third kappa shape index (κ3) is 5.19. The van der Waals surface area contributed by atoms with Crippen LogP contribution in [0, 0.1) is 18.3 Å². The Morgan fingerprint density at radius 3 is 2.79 bits per heavy atom. The number of aryl methyl sites for hydroxylation is 1. The average Bonchev–Trinajstić information content (AvgIpc) is 3.28. The smallest absolute Gasteiger partial charge is 0.255 e. The van der Waals surface area contributed by atoms with Crippen LogP contribution in [0.1, 0.15) is 27.2 Å². The number of aromatic nitrogens is 2. The maximum Gasteiger partial charge on any atom is 0.255 e. The van der Waals surface area contributed by atoms with Gasteiger partial charge in [0.1, 0.15) is 5.03 Å². The van der Waals surface area contributed by atoms with Crippen molar-refractivity contribution in [3.05, 3.63) is 65.0 Å². The Balaban J connectivity index is 1.58. The van der Waals surface area contributed by atoms with E-state index in [1.165, 1.54) is 11.8 Å². The van der Waals surface area contributed by atoms with E-state index >= 15 is 0 Å². The highest BCUT2D eigenvalue weighted by Crippen LogP contribution is 2.25. The van der Waals surface area contributed by atoms with E-state index in [4.69, 9.17) is 9.68 Å². The molecule has 1 amide bonds. The van der Waals surface area contributed by atoms with Crippen molar-refractivity contribution >= 4 is 29.4 Å². The highest BCUT2D eigenvalue weighted by Gasteiger charge is 2.19. The van der Waals surface area contributed by atoms with E-state index in [0.29, 0.717) is 40.0 Å². The summed E-state index contributed by atoms with van der Waals surface area (Å²) in [5.74, 6) is 2.33. The molecule has 0 radical (unpaired) electrons. The molecule has 0 spiro atoms. The highest BCUT2D eigenvalue weighted by atomic mass is 32.2. The lowest BCUT2D eigenvalue weighted by atomic mass is 10.1. The van der Waals surface area contributed by atoms with Crippen LogP contribution in [0.3, 0.4) is 0 Å². The minimum absolute atomic E-state index is 0.184. The summed E-state index contributed by atoms with van der Waals surface area (Å²) in [7, 11) is 0. The Morgan fingerprint density at radius 2 is 2.07 bits per heavy atom. The van der Waals surface area contributed by atoms with E-state index in [9.17, 15) is 4.79 Å². The summed E-state index contributed by atoms with van der Waals surface area (Å²) in [5.41, 5.74) is 2.81. The normalized spacial score (nSPS) is 10.5. The summed E-state index contributed by atoms with van der Waals surface area (Å²) in [5, 5.41) is 12.7. The van der Waals surface area contributed by atoms with E-state index in [1.54, 1.807) is 37.1 Å². The number of nitriles is 1. The summed E-state index contributed by atoms with van der Waals surface area (Å²) in [6.45, 7) is 2.32. The van der Waals surface area contributed by atoms with Gasteiger partial charge in [0.25, 0.3) is 5.91 Å². The topological polar surface area (TPSA) is 91.8 Å². The van der Waals surface area contributed by atoms with Crippen molar-refractivity contribution in [1.29, 1.82) is 5.26 Å². The zero-order chi connectivity index (χ0) is 20.6. The van der Waals surface area contributed by atoms with Gasteiger partial charge in [-0.1, -0.05) is 18.2 Å². The second-order valence-corrected chi connectivity index (χ2v) is 7.97. The molecule has 0 fully saturated rings. The first-order chi connectivity index (χ1) is 14.1. The zero-order valence-corrected chi connectivity index (χ0v) is 17.8. The lowest BCUT2D eigenvalue weighted by Crippen LogP contribution is -2.27. The predicted molar refractivity (Wildman–Crippen MR) is 116 cm³/mol. The van der Waals surface area contributed by atoms with Crippen molar-refractivity contribution in [1.82, 2.24) is 15.3 Å². The van der Waals surface area contributed by atoms with Crippen molar-refractivity contribution in [2.24, 2.45) is 0 Å². The van der Waals surface area contributed by atoms with Crippen LogP contribution in [-0.4, -0.2) is 34.4 Å². The molecule has 2 aromatic heterocycles. The number of hydrogen-bond acceptors (Lipinski definition) is 7. The fourth-order valence-electron chi connectivity index (χ4n) is 2.73. The molecule has 1 N–H and O–H groups in total. The molecular formula is C21H20N4O2S2. The fraction of sp³-hybridized carbons (Fsp3) is 0.238. The van der Waals surface area contributed by atoms with Crippen molar-refractivity contribution in [2.45, 2.75) is 17.7 Å². The van der Waals surface area contributed by atoms with E-state index in [2.05, 4.69) is 21.4 Å². The third-order valence-electron chi connectivity index (χ3n) is 4.15. The van der Waals surface area contributed by atoms with Crippen LogP contribution in [-0.2, 0) is 5.75 Å². The first-order valence-electron chi connectivity index (χ1n) is 8.94. The lowest BCUT2D eigenvalue weighted by Gasteiger charge is -2.11. The molecule has 1 aromatic carbocycles. The van der Waals surface area contributed by atoms with E-state index < -0.39 is 0 Å². The predicted octanol–water partition coefficient (Wildman–Crippen LogP) is 4.30. The fourth-order valence-corrected chi connectivity index (χ4v) is 4.22. The molecule has 3 aromatic rings. The Labute approximate surface area is 178 Å². The van der Waals surface area contributed by atoms with Crippen LogP contribution < -0.4 is 5.32 Å². The Morgan fingerprint density at radius 1 is 1.24 bits per heavy atom. The number of rotatable bonds is 8. The Hall–Kier alpha value is -2.76. The van der Waals surface area contributed by atoms with Gasteiger partial charge < -0.3 is 9.73 Å². The number of thioether (sulfide) groups is 2. The van der Waals surface area contributed by atoms with Gasteiger partial charge in [-0.3, -0.25) is 4.79 Å². The molecular weight excluding hydrogens is 404 g/mol. The number of amides is 1. The van der Waals surface area contributed by atoms with Crippen LogP contribution in [0.15, 0.2) is 52.1 Å². The number of carbonyl (C=O) groups is 1. The summed E-state index contributed by atoms with van der Waals surface area (Å²) in [6, 6.07) is 13.3. The molecule has 0 bridgehead atoms. The van der Waals surface area contributed by atoms with E-state index in [1.807, 2.05) is 30.5 Å². The minimum Gasteiger partial charge on any atom is -0.461 e. The largest absolute Gasteiger partial charge is 0.461 e. The molecule has 0 aliphatic heterocycles. The number of hydrogen-bond donors (Lipinski definition) is 1. The van der Waals surface area contributed by atoms with Gasteiger partial charge in [0.05, 0.1) is 29.2 Å². The van der Waals surface area contributed by atoms with E-state index in [-0.39, 0.29) is 5.91 Å². The average molecular weight is 425 g/mol. The van der Waals surface area contributed by atoms with Gasteiger partial charge in [-0.15, -0.1) is 11.8 Å². The lowest BCUT2D eigenvalue weighted by molar-refractivity contribution is 0.0951. The van der Waals surface area contributed by atoms with Crippen LogP contribution in [0.5, 0.6) is 0 Å². The SMILES string of the molecule is CSc1nc(-c2ccco2)nc(C)c1C(=O)NCCSCc1ccccc1C#N. The van der Waals surface area contributed by atoms with Gasteiger partial charge in [-0.05, 0) is 36.9 Å². The van der Waals surface area contributed by atoms with Crippen LogP contribution in [0.2, 0.25) is 0 Å². The standard InChI is InChI=1S/C21H20N4O2S2/c1-14-18(21(28-2)25-19(24-14)17-8-5-10-27-17)20(26)23-9-11-29-13-16-7-4-3-6-15(16)12-22/h3-8,10H,9,11,13H2,1-2H3,(H,23,26). The van der Waals surface area contributed by atoms with Gasteiger partial charge in [0.2, 0.25) is 0 Å². The third-order valence-corrected chi connectivity index (χ3v) is 5.84. The second kappa shape index (κ2) is 10.1. The van der Waals surface area contributed by atoms with E-state index in [0.717, 1.165) is 17.1 Å². The summed E-state index contributed by atoms with van der Waals surface area (Å²) in [6.07, 6.45) is 3.45. The van der Waals surface area contributed by atoms with Crippen LogP contribution >= 0.6 is 23.5 Å². The van der Waals surface area contributed by atoms with Gasteiger partial charge in [0.15, 0.2) is 11.6 Å². The van der Waals surface area contributed by atoms with Crippen molar-refractivity contribution in [2.75, 3.05) is 18.6 Å². The Kier molecular flexibility index (Phi) is 7.33. The number of furan rings is 1. The summed E-state index contributed by atoms with van der Waals surface area (Å²) < 4.78 is 5.36. The van der Waals surface area contributed by atoms with Crippen molar-refractivity contribution in [3.63, 3.8) is 0 Å². The molecule has 6 nitrogen and oxygen atoms in total. The molecule has 148 valence electrons. The molecule has 0 saturated carbocycles. The van der Waals surface area contributed by atoms with Crippen molar-refractivity contribution < 1.29 is 9.21 Å². The summed E-state index contributed by atoms with van der Waals surface area (Å²) >= 11 is 3.08. The molecule has 0 saturated heterocycles. The minimum atomic E-state index is -0.184. The van der Waals surface area contributed by atoms with Crippen LogP contribution in [0.4, 0.5) is 0 Å². The first-order valence-corrected chi connectivity index (χ1v) is 11.3. The number of benzene rings is 1. The molecule has 0 unspecified atom stereocenters. The van der Waals surface area contributed by atoms with Gasteiger partial charge in [0, 0.05) is 18.1 Å². The molecule has 29 heavy (non-hydrogen) atoms. The van der Waals surface area contributed by atoms with Crippen molar-refractivity contribution in [3.8, 4) is 17.7 Å². The number of nitrogens with one attached hydrogen (secondary N) is 1. The Bertz CT molecular complexity index is 1030. The van der Waals surface area contributed by atoms with Gasteiger partial charge >= 0.3 is 0 Å². The number of nitrogens with zero attached hydrogens (tertiary/aromatic N) is 3. The quantitative estimate of drug-likeness (QED) is 0.327. The van der Waals surface area contributed by atoms with Gasteiger partial charge in [-0.25, -0.2) is 9.97 Å². The molecule has 0 aliphatic rings. The van der Waals surface area contributed by atoms with Crippen LogP contribution in [0.25, 0.3) is 11.6 Å². The zero-order valence-electron chi connectivity index (χ0n) is 16.1. The molecule has 2 heterocycles. The second-order valence-electron chi connectivity index (χ2n) is 6.07.